The quantitative estimate of drug-likeness (QED) is 0.894. The summed E-state index contributed by atoms with van der Waals surface area (Å²) in [5.74, 6) is 0.899. The third kappa shape index (κ3) is 3.01. The lowest BCUT2D eigenvalue weighted by atomic mass is 9.96. The first kappa shape index (κ1) is 12.5. The minimum atomic E-state index is -0.971. The third-order valence-electron chi connectivity index (χ3n) is 3.05. The van der Waals surface area contributed by atoms with Crippen LogP contribution in [0.1, 0.15) is 18.4 Å². The number of hydrogen-bond donors (Lipinski definition) is 1. The van der Waals surface area contributed by atoms with Gasteiger partial charge in [-0.1, -0.05) is 30.3 Å². The number of benzene rings is 1. The van der Waals surface area contributed by atoms with E-state index >= 15 is 0 Å². The van der Waals surface area contributed by atoms with Gasteiger partial charge in [0.25, 0.3) is 0 Å². The van der Waals surface area contributed by atoms with Crippen molar-refractivity contribution in [1.29, 1.82) is 0 Å². The van der Waals surface area contributed by atoms with Gasteiger partial charge in [-0.05, 0) is 29.9 Å². The zero-order chi connectivity index (χ0) is 12.1. The summed E-state index contributed by atoms with van der Waals surface area (Å²) in [6.45, 7) is 0.373. The monoisotopic (exact) mass is 252 g/mol. The first-order chi connectivity index (χ1) is 8.23. The van der Waals surface area contributed by atoms with Gasteiger partial charge >= 0.3 is 5.97 Å². The predicted molar refractivity (Wildman–Crippen MR) is 68.2 cm³/mol. The number of rotatable bonds is 4. The zero-order valence-electron chi connectivity index (χ0n) is 9.59. The van der Waals surface area contributed by atoms with Gasteiger partial charge in [0.2, 0.25) is 0 Å². The van der Waals surface area contributed by atoms with E-state index in [4.69, 9.17) is 4.74 Å². The average Bonchev–Trinajstić information content (AvgIpc) is 2.38. The van der Waals surface area contributed by atoms with Gasteiger partial charge < -0.3 is 9.84 Å². The highest BCUT2D eigenvalue weighted by atomic mass is 32.2. The van der Waals surface area contributed by atoms with Crippen LogP contribution in [0.25, 0.3) is 0 Å². The Morgan fingerprint density at radius 3 is 2.53 bits per heavy atom. The molecule has 1 N–H and O–H groups in total. The fourth-order valence-electron chi connectivity index (χ4n) is 1.92. The largest absolute Gasteiger partial charge is 0.479 e. The Morgan fingerprint density at radius 1 is 1.29 bits per heavy atom. The predicted octanol–water partition coefficient (Wildman–Crippen LogP) is 2.55. The lowest BCUT2D eigenvalue weighted by Crippen LogP contribution is -2.44. The molecule has 2 rings (SSSR count). The second-order valence-corrected chi connectivity index (χ2v) is 5.41. The van der Waals surface area contributed by atoms with Crippen molar-refractivity contribution in [2.75, 3.05) is 11.5 Å². The summed E-state index contributed by atoms with van der Waals surface area (Å²) in [7, 11) is 0. The van der Waals surface area contributed by atoms with Crippen molar-refractivity contribution in [3.05, 3.63) is 35.9 Å². The Morgan fingerprint density at radius 2 is 1.94 bits per heavy atom. The van der Waals surface area contributed by atoms with Crippen LogP contribution in [0, 0.1) is 0 Å². The van der Waals surface area contributed by atoms with Gasteiger partial charge in [0.15, 0.2) is 5.60 Å². The molecule has 0 spiro atoms. The number of carboxylic acid groups (broad SMARTS) is 1. The summed E-state index contributed by atoms with van der Waals surface area (Å²) < 4.78 is 5.71. The molecule has 1 aliphatic heterocycles. The molecule has 1 fully saturated rings. The summed E-state index contributed by atoms with van der Waals surface area (Å²) in [5, 5.41) is 9.33. The van der Waals surface area contributed by atoms with Gasteiger partial charge in [-0.2, -0.15) is 11.8 Å². The van der Waals surface area contributed by atoms with Gasteiger partial charge in [-0.15, -0.1) is 0 Å². The Kier molecular flexibility index (Phi) is 4.07. The maximum Gasteiger partial charge on any atom is 0.336 e. The van der Waals surface area contributed by atoms with E-state index in [0.29, 0.717) is 19.4 Å². The van der Waals surface area contributed by atoms with Crippen LogP contribution in [0.15, 0.2) is 30.3 Å². The number of aliphatic carboxylic acids is 1. The van der Waals surface area contributed by atoms with Crippen molar-refractivity contribution in [3.8, 4) is 0 Å². The van der Waals surface area contributed by atoms with E-state index in [1.54, 1.807) is 11.8 Å². The highest BCUT2D eigenvalue weighted by molar-refractivity contribution is 7.99. The van der Waals surface area contributed by atoms with E-state index in [2.05, 4.69) is 0 Å². The number of ether oxygens (including phenoxy) is 1. The molecule has 1 heterocycles. The van der Waals surface area contributed by atoms with Crippen LogP contribution >= 0.6 is 11.8 Å². The molecule has 1 saturated heterocycles. The molecule has 0 bridgehead atoms. The van der Waals surface area contributed by atoms with Gasteiger partial charge in [-0.25, -0.2) is 4.79 Å². The Balaban J connectivity index is 2.01. The fourth-order valence-corrected chi connectivity index (χ4v) is 3.07. The number of thioether (sulfide) groups is 1. The lowest BCUT2D eigenvalue weighted by Gasteiger charge is -2.32. The smallest absolute Gasteiger partial charge is 0.336 e. The Labute approximate surface area is 105 Å². The minimum Gasteiger partial charge on any atom is -0.479 e. The molecule has 0 radical (unpaired) electrons. The second-order valence-electron chi connectivity index (χ2n) is 4.19. The van der Waals surface area contributed by atoms with Crippen LogP contribution in [0.4, 0.5) is 0 Å². The molecule has 0 amide bonds. The van der Waals surface area contributed by atoms with Crippen LogP contribution in [0.5, 0.6) is 0 Å². The van der Waals surface area contributed by atoms with E-state index in [0.717, 1.165) is 17.1 Å². The van der Waals surface area contributed by atoms with Crippen LogP contribution < -0.4 is 0 Å². The highest BCUT2D eigenvalue weighted by Crippen LogP contribution is 2.31. The van der Waals surface area contributed by atoms with Gasteiger partial charge in [0.1, 0.15) is 0 Å². The molecule has 3 nitrogen and oxygen atoms in total. The molecule has 17 heavy (non-hydrogen) atoms. The molecule has 0 unspecified atom stereocenters. The molecule has 1 aliphatic rings. The fraction of sp³-hybridized carbons (Fsp3) is 0.462. The standard InChI is InChI=1S/C13H16O3S/c14-12(15)13(6-8-17-9-7-13)16-10-11-4-2-1-3-5-11/h1-5H,6-10H2,(H,14,15). The number of carbonyl (C=O) groups is 1. The molecule has 92 valence electrons. The van der Waals surface area contributed by atoms with Crippen molar-refractivity contribution in [3.63, 3.8) is 0 Å². The zero-order valence-corrected chi connectivity index (χ0v) is 10.4. The molecular formula is C13H16O3S. The van der Waals surface area contributed by atoms with Gasteiger partial charge in [0.05, 0.1) is 6.61 Å². The molecule has 0 saturated carbocycles. The SMILES string of the molecule is O=C(O)C1(OCc2ccccc2)CCSCC1. The molecule has 0 aromatic heterocycles. The van der Waals surface area contributed by atoms with Crippen LogP contribution in [-0.2, 0) is 16.1 Å². The maximum absolute atomic E-state index is 11.4. The van der Waals surface area contributed by atoms with Crippen molar-refractivity contribution < 1.29 is 14.6 Å². The van der Waals surface area contributed by atoms with Crippen molar-refractivity contribution in [2.45, 2.75) is 25.0 Å². The topological polar surface area (TPSA) is 46.5 Å². The highest BCUT2D eigenvalue weighted by Gasteiger charge is 2.40. The molecule has 1 aromatic carbocycles. The molecule has 4 heteroatoms. The Hall–Kier alpha value is -1.00. The van der Waals surface area contributed by atoms with Crippen molar-refractivity contribution >= 4 is 17.7 Å². The van der Waals surface area contributed by atoms with E-state index in [9.17, 15) is 9.90 Å². The lowest BCUT2D eigenvalue weighted by molar-refractivity contribution is -0.169. The first-order valence-electron chi connectivity index (χ1n) is 5.72. The van der Waals surface area contributed by atoms with E-state index < -0.39 is 11.6 Å². The minimum absolute atomic E-state index is 0.373. The van der Waals surface area contributed by atoms with Crippen LogP contribution in [0.2, 0.25) is 0 Å². The molecule has 0 atom stereocenters. The summed E-state index contributed by atoms with van der Waals surface area (Å²) in [5.41, 5.74) is 0.0486. The normalized spacial score (nSPS) is 18.8. The summed E-state index contributed by atoms with van der Waals surface area (Å²) in [6, 6.07) is 9.71. The van der Waals surface area contributed by atoms with E-state index in [-0.39, 0.29) is 0 Å². The molecular weight excluding hydrogens is 236 g/mol. The third-order valence-corrected chi connectivity index (χ3v) is 4.03. The van der Waals surface area contributed by atoms with Crippen molar-refractivity contribution in [1.82, 2.24) is 0 Å². The van der Waals surface area contributed by atoms with Gasteiger partial charge in [0, 0.05) is 0 Å². The summed E-state index contributed by atoms with van der Waals surface area (Å²) in [4.78, 5) is 11.4. The van der Waals surface area contributed by atoms with E-state index in [1.807, 2.05) is 30.3 Å². The second kappa shape index (κ2) is 5.56. The molecule has 0 aliphatic carbocycles. The first-order valence-corrected chi connectivity index (χ1v) is 6.87. The van der Waals surface area contributed by atoms with Crippen molar-refractivity contribution in [2.24, 2.45) is 0 Å². The average molecular weight is 252 g/mol. The summed E-state index contributed by atoms with van der Waals surface area (Å²) >= 11 is 1.79. The number of hydrogen-bond acceptors (Lipinski definition) is 3. The van der Waals surface area contributed by atoms with Gasteiger partial charge in [-0.3, -0.25) is 0 Å². The Bertz CT molecular complexity index is 372. The number of carboxylic acids is 1. The van der Waals surface area contributed by atoms with Crippen LogP contribution in [0.3, 0.4) is 0 Å². The van der Waals surface area contributed by atoms with E-state index in [1.165, 1.54) is 0 Å². The molecule has 1 aromatic rings. The summed E-state index contributed by atoms with van der Waals surface area (Å²) in [6.07, 6.45) is 1.19. The van der Waals surface area contributed by atoms with Crippen LogP contribution in [-0.4, -0.2) is 28.2 Å². The maximum atomic E-state index is 11.4.